The van der Waals surface area contributed by atoms with E-state index < -0.39 is 0 Å². The number of H-pyrrole nitrogens is 1. The molecule has 19 heavy (non-hydrogen) atoms. The molecule has 2 nitrogen and oxygen atoms in total. The highest BCUT2D eigenvalue weighted by Crippen LogP contribution is 2.36. The quantitative estimate of drug-likeness (QED) is 0.735. The summed E-state index contributed by atoms with van der Waals surface area (Å²) < 4.78 is 0. The lowest BCUT2D eigenvalue weighted by Crippen LogP contribution is -2.21. The molecule has 0 saturated heterocycles. The first-order chi connectivity index (χ1) is 8.70. The molecule has 1 heterocycles. The van der Waals surface area contributed by atoms with Crippen LogP contribution in [0, 0.1) is 5.92 Å². The maximum Gasteiger partial charge on any atom is 0.109 e. The van der Waals surface area contributed by atoms with Gasteiger partial charge in [0.25, 0.3) is 0 Å². The monoisotopic (exact) mass is 264 g/mol. The lowest BCUT2D eigenvalue weighted by atomic mass is 9.80. The van der Waals surface area contributed by atoms with Crippen LogP contribution in [0.4, 0.5) is 0 Å². The maximum atomic E-state index is 4.95. The molecule has 0 aromatic carbocycles. The Balaban J connectivity index is 3.27. The molecule has 110 valence electrons. The standard InChI is InChI=1S/C17H32N2/c1-9-10-17(7,8)15-14(13(6)11(2)3)18-16(19-15)12(4)5/h11-13H,9-10H2,1-8H3,(H,18,19). The first kappa shape index (κ1) is 16.3. The third-order valence-electron chi connectivity index (χ3n) is 4.27. The molecule has 0 aliphatic heterocycles. The van der Waals surface area contributed by atoms with Crippen molar-refractivity contribution in [2.24, 2.45) is 5.92 Å². The summed E-state index contributed by atoms with van der Waals surface area (Å²) in [5.41, 5.74) is 2.81. The first-order valence-electron chi connectivity index (χ1n) is 7.81. The van der Waals surface area contributed by atoms with Crippen LogP contribution in [0.15, 0.2) is 0 Å². The van der Waals surface area contributed by atoms with Crippen LogP contribution in [-0.4, -0.2) is 9.97 Å². The average Bonchev–Trinajstić information content (AvgIpc) is 2.73. The maximum absolute atomic E-state index is 4.95. The number of imidazole rings is 1. The highest BCUT2D eigenvalue weighted by molar-refractivity contribution is 5.27. The van der Waals surface area contributed by atoms with Gasteiger partial charge in [0.1, 0.15) is 5.82 Å². The second-order valence-corrected chi connectivity index (χ2v) is 7.21. The molecule has 0 aliphatic carbocycles. The normalized spacial score (nSPS) is 14.4. The minimum Gasteiger partial charge on any atom is -0.345 e. The smallest absolute Gasteiger partial charge is 0.109 e. The molecule has 0 fully saturated rings. The van der Waals surface area contributed by atoms with Gasteiger partial charge in [-0.15, -0.1) is 0 Å². The molecule has 1 aromatic heterocycles. The van der Waals surface area contributed by atoms with E-state index in [1.807, 2.05) is 0 Å². The second-order valence-electron chi connectivity index (χ2n) is 7.21. The molecule has 1 atom stereocenters. The van der Waals surface area contributed by atoms with Crippen molar-refractivity contribution in [3.05, 3.63) is 17.2 Å². The zero-order valence-electron chi connectivity index (χ0n) is 14.1. The summed E-state index contributed by atoms with van der Waals surface area (Å²) in [5.74, 6) is 2.77. The first-order valence-corrected chi connectivity index (χ1v) is 7.81. The van der Waals surface area contributed by atoms with Gasteiger partial charge in [-0.05, 0) is 12.3 Å². The van der Waals surface area contributed by atoms with Gasteiger partial charge in [-0.1, -0.05) is 61.8 Å². The van der Waals surface area contributed by atoms with Gasteiger partial charge in [0.2, 0.25) is 0 Å². The Kier molecular flexibility index (Phi) is 5.23. The molecule has 0 saturated carbocycles. The van der Waals surface area contributed by atoms with Gasteiger partial charge in [0, 0.05) is 22.9 Å². The highest BCUT2D eigenvalue weighted by Gasteiger charge is 2.30. The number of hydrogen-bond donors (Lipinski definition) is 1. The Labute approximate surface area is 119 Å². The molecule has 2 heteroatoms. The van der Waals surface area contributed by atoms with Gasteiger partial charge in [0.15, 0.2) is 0 Å². The van der Waals surface area contributed by atoms with E-state index in [0.29, 0.717) is 17.8 Å². The largest absolute Gasteiger partial charge is 0.345 e. The van der Waals surface area contributed by atoms with Crippen LogP contribution in [0.25, 0.3) is 0 Å². The van der Waals surface area contributed by atoms with E-state index in [4.69, 9.17) is 4.98 Å². The Morgan fingerprint density at radius 3 is 2.11 bits per heavy atom. The predicted molar refractivity (Wildman–Crippen MR) is 83.9 cm³/mol. The zero-order chi connectivity index (χ0) is 14.8. The number of rotatable bonds is 6. The van der Waals surface area contributed by atoms with Crippen molar-refractivity contribution >= 4 is 0 Å². The van der Waals surface area contributed by atoms with E-state index >= 15 is 0 Å². The van der Waals surface area contributed by atoms with Crippen LogP contribution in [-0.2, 0) is 5.41 Å². The van der Waals surface area contributed by atoms with E-state index in [0.717, 1.165) is 5.82 Å². The van der Waals surface area contributed by atoms with Gasteiger partial charge in [-0.3, -0.25) is 0 Å². The molecule has 1 aromatic rings. The van der Waals surface area contributed by atoms with Crippen LogP contribution in [0.2, 0.25) is 0 Å². The van der Waals surface area contributed by atoms with Crippen LogP contribution in [0.3, 0.4) is 0 Å². The SMILES string of the molecule is CCCC(C)(C)c1nc(C(C)C)[nH]c1C(C)C(C)C. The van der Waals surface area contributed by atoms with Crippen molar-refractivity contribution in [2.75, 3.05) is 0 Å². The number of aromatic amines is 1. The summed E-state index contributed by atoms with van der Waals surface area (Å²) in [4.78, 5) is 8.56. The van der Waals surface area contributed by atoms with Crippen LogP contribution in [0.1, 0.15) is 97.3 Å². The van der Waals surface area contributed by atoms with Gasteiger partial charge in [-0.25, -0.2) is 4.98 Å². The van der Waals surface area contributed by atoms with Crippen LogP contribution < -0.4 is 0 Å². The van der Waals surface area contributed by atoms with Crippen molar-refractivity contribution in [1.82, 2.24) is 9.97 Å². The molecular weight excluding hydrogens is 232 g/mol. The molecule has 0 spiro atoms. The Morgan fingerprint density at radius 2 is 1.68 bits per heavy atom. The van der Waals surface area contributed by atoms with Gasteiger partial charge >= 0.3 is 0 Å². The molecule has 0 bridgehead atoms. The van der Waals surface area contributed by atoms with E-state index in [1.165, 1.54) is 24.2 Å². The fraction of sp³-hybridized carbons (Fsp3) is 0.824. The molecule has 1 unspecified atom stereocenters. The molecule has 1 N–H and O–H groups in total. The zero-order valence-corrected chi connectivity index (χ0v) is 14.1. The van der Waals surface area contributed by atoms with E-state index in [1.54, 1.807) is 0 Å². The summed E-state index contributed by atoms with van der Waals surface area (Å²) in [6.07, 6.45) is 2.39. The molecular formula is C17H32N2. The summed E-state index contributed by atoms with van der Waals surface area (Å²) in [6, 6.07) is 0. The van der Waals surface area contributed by atoms with Crippen molar-refractivity contribution in [3.8, 4) is 0 Å². The van der Waals surface area contributed by atoms with Crippen LogP contribution >= 0.6 is 0 Å². The van der Waals surface area contributed by atoms with Crippen LogP contribution in [0.5, 0.6) is 0 Å². The Morgan fingerprint density at radius 1 is 1.11 bits per heavy atom. The Hall–Kier alpha value is -0.790. The van der Waals surface area contributed by atoms with Crippen molar-refractivity contribution in [2.45, 2.75) is 85.5 Å². The summed E-state index contributed by atoms with van der Waals surface area (Å²) >= 11 is 0. The van der Waals surface area contributed by atoms with Gasteiger partial charge in [0.05, 0.1) is 5.69 Å². The molecule has 0 radical (unpaired) electrons. The Bertz CT molecular complexity index is 399. The molecule has 1 rings (SSSR count). The van der Waals surface area contributed by atoms with Crippen molar-refractivity contribution in [1.29, 1.82) is 0 Å². The highest BCUT2D eigenvalue weighted by atomic mass is 15.0. The number of nitrogens with zero attached hydrogens (tertiary/aromatic N) is 1. The van der Waals surface area contributed by atoms with Gasteiger partial charge in [-0.2, -0.15) is 0 Å². The van der Waals surface area contributed by atoms with E-state index in [-0.39, 0.29) is 5.41 Å². The fourth-order valence-corrected chi connectivity index (χ4v) is 2.60. The fourth-order valence-electron chi connectivity index (χ4n) is 2.60. The van der Waals surface area contributed by atoms with Crippen molar-refractivity contribution in [3.63, 3.8) is 0 Å². The summed E-state index contributed by atoms with van der Waals surface area (Å²) in [6.45, 7) is 18.2. The van der Waals surface area contributed by atoms with Crippen molar-refractivity contribution < 1.29 is 0 Å². The second kappa shape index (κ2) is 6.11. The van der Waals surface area contributed by atoms with Gasteiger partial charge < -0.3 is 4.98 Å². The molecule has 0 aliphatic rings. The third kappa shape index (κ3) is 3.61. The predicted octanol–water partition coefficient (Wildman–Crippen LogP) is 5.37. The third-order valence-corrected chi connectivity index (χ3v) is 4.27. The lowest BCUT2D eigenvalue weighted by Gasteiger charge is -2.26. The average molecular weight is 264 g/mol. The summed E-state index contributed by atoms with van der Waals surface area (Å²) in [7, 11) is 0. The van der Waals surface area contributed by atoms with E-state index in [9.17, 15) is 0 Å². The number of nitrogens with one attached hydrogen (secondary N) is 1. The number of aromatic nitrogens is 2. The lowest BCUT2D eigenvalue weighted by molar-refractivity contribution is 0.441. The summed E-state index contributed by atoms with van der Waals surface area (Å²) in [5, 5.41) is 0. The number of hydrogen-bond acceptors (Lipinski definition) is 1. The molecule has 0 amide bonds. The topological polar surface area (TPSA) is 28.7 Å². The van der Waals surface area contributed by atoms with E-state index in [2.05, 4.69) is 60.4 Å². The minimum atomic E-state index is 0.164. The minimum absolute atomic E-state index is 0.164.